The maximum absolute atomic E-state index is 12.9. The Hall–Kier alpha value is -3.91. The highest BCUT2D eigenvalue weighted by atomic mass is 35.5. The molecule has 0 fully saturated rings. The van der Waals surface area contributed by atoms with Gasteiger partial charge in [0.05, 0.1) is 5.69 Å². The molecule has 0 spiro atoms. The fourth-order valence-corrected chi connectivity index (χ4v) is 4.22. The number of anilines is 1. The molecule has 3 heterocycles. The summed E-state index contributed by atoms with van der Waals surface area (Å²) in [5, 5.41) is 12.6. The first-order valence-electron chi connectivity index (χ1n) is 10.4. The van der Waals surface area contributed by atoms with E-state index in [0.717, 1.165) is 33.6 Å². The molecule has 0 saturated heterocycles. The van der Waals surface area contributed by atoms with E-state index >= 15 is 0 Å². The molecule has 166 valence electrons. The van der Waals surface area contributed by atoms with E-state index in [1.807, 2.05) is 51.1 Å². The van der Waals surface area contributed by atoms with Gasteiger partial charge in [-0.25, -0.2) is 18.4 Å². The number of benzene rings is 2. The number of aromatic nitrogens is 5. The highest BCUT2D eigenvalue weighted by molar-refractivity contribution is 6.30. The summed E-state index contributed by atoms with van der Waals surface area (Å²) in [6.45, 7) is 5.71. The summed E-state index contributed by atoms with van der Waals surface area (Å²) < 4.78 is 4.24. The van der Waals surface area contributed by atoms with Crippen LogP contribution in [0.15, 0.2) is 59.7 Å². The number of aryl methyl sites for hydroxylation is 3. The monoisotopic (exact) mass is 460 g/mol. The lowest BCUT2D eigenvalue weighted by Crippen LogP contribution is -2.28. The second kappa shape index (κ2) is 7.90. The van der Waals surface area contributed by atoms with Crippen molar-refractivity contribution in [2.45, 2.75) is 27.3 Å². The minimum Gasteiger partial charge on any atom is -0.324 e. The van der Waals surface area contributed by atoms with Gasteiger partial charge in [-0.1, -0.05) is 41.4 Å². The zero-order valence-electron chi connectivity index (χ0n) is 18.3. The van der Waals surface area contributed by atoms with Crippen molar-refractivity contribution in [1.82, 2.24) is 23.8 Å². The molecule has 1 amide bonds. The second-order valence-electron chi connectivity index (χ2n) is 8.12. The molecule has 33 heavy (non-hydrogen) atoms. The Morgan fingerprint density at radius 1 is 1.00 bits per heavy atom. The molecule has 3 aromatic heterocycles. The number of fused-ring (bicyclic) bond motifs is 3. The summed E-state index contributed by atoms with van der Waals surface area (Å²) in [4.78, 5) is 25.6. The maximum Gasteiger partial charge on any atom is 0.350 e. The molecule has 2 aromatic carbocycles. The summed E-state index contributed by atoms with van der Waals surface area (Å²) >= 11 is 5.98. The van der Waals surface area contributed by atoms with Crippen molar-refractivity contribution in [3.05, 3.63) is 87.1 Å². The number of carbonyl (C=O) groups is 1. The molecule has 0 aliphatic heterocycles. The zero-order chi connectivity index (χ0) is 23.3. The number of rotatable bonds is 4. The van der Waals surface area contributed by atoms with Crippen LogP contribution in [-0.4, -0.2) is 29.7 Å². The van der Waals surface area contributed by atoms with Crippen LogP contribution in [0.25, 0.3) is 22.4 Å². The van der Waals surface area contributed by atoms with E-state index < -0.39 is 5.69 Å². The molecule has 0 saturated carbocycles. The van der Waals surface area contributed by atoms with E-state index in [1.54, 1.807) is 29.0 Å². The Morgan fingerprint density at radius 2 is 1.70 bits per heavy atom. The Bertz CT molecular complexity index is 1570. The minimum absolute atomic E-state index is 0.197. The average Bonchev–Trinajstić information content (AvgIpc) is 3.33. The minimum atomic E-state index is -0.394. The van der Waals surface area contributed by atoms with Crippen LogP contribution in [0.5, 0.6) is 0 Å². The number of halogens is 1. The zero-order valence-corrected chi connectivity index (χ0v) is 19.1. The van der Waals surface area contributed by atoms with Crippen LogP contribution < -0.4 is 11.0 Å². The summed E-state index contributed by atoms with van der Waals surface area (Å²) in [5.41, 5.74) is 6.13. The topological polar surface area (TPSA) is 85.7 Å². The lowest BCUT2D eigenvalue weighted by atomic mass is 10.1. The highest BCUT2D eigenvalue weighted by Crippen LogP contribution is 2.24. The van der Waals surface area contributed by atoms with E-state index in [9.17, 15) is 9.59 Å². The van der Waals surface area contributed by atoms with Crippen LogP contribution >= 0.6 is 11.6 Å². The average molecular weight is 461 g/mol. The van der Waals surface area contributed by atoms with Crippen molar-refractivity contribution in [2.75, 3.05) is 5.32 Å². The van der Waals surface area contributed by atoms with Gasteiger partial charge in [0.2, 0.25) is 5.91 Å². The summed E-state index contributed by atoms with van der Waals surface area (Å²) in [6, 6.07) is 13.2. The van der Waals surface area contributed by atoms with Crippen molar-refractivity contribution >= 4 is 34.4 Å². The van der Waals surface area contributed by atoms with Gasteiger partial charge >= 0.3 is 5.69 Å². The fraction of sp³-hybridized carbons (Fsp3) is 0.167. The van der Waals surface area contributed by atoms with Crippen molar-refractivity contribution < 1.29 is 4.79 Å². The number of carbonyl (C=O) groups excluding carboxylic acids is 1. The fourth-order valence-electron chi connectivity index (χ4n) is 4.09. The van der Waals surface area contributed by atoms with Crippen LogP contribution in [0.1, 0.15) is 16.7 Å². The Morgan fingerprint density at radius 3 is 2.39 bits per heavy atom. The van der Waals surface area contributed by atoms with E-state index in [0.29, 0.717) is 16.2 Å². The van der Waals surface area contributed by atoms with Gasteiger partial charge in [-0.3, -0.25) is 4.79 Å². The second-order valence-corrected chi connectivity index (χ2v) is 8.56. The number of amides is 1. The predicted octanol–water partition coefficient (Wildman–Crippen LogP) is 4.03. The Kier molecular flexibility index (Phi) is 5.02. The van der Waals surface area contributed by atoms with Gasteiger partial charge in [-0.2, -0.15) is 5.10 Å². The third-order valence-corrected chi connectivity index (χ3v) is 5.82. The lowest BCUT2D eigenvalue weighted by molar-refractivity contribution is -0.117. The predicted molar refractivity (Wildman–Crippen MR) is 128 cm³/mol. The Balaban J connectivity index is 1.49. The van der Waals surface area contributed by atoms with Crippen molar-refractivity contribution in [3.8, 4) is 11.3 Å². The molecule has 5 rings (SSSR count). The van der Waals surface area contributed by atoms with Crippen LogP contribution in [0.3, 0.4) is 0 Å². The normalized spacial score (nSPS) is 11.4. The van der Waals surface area contributed by atoms with Crippen LogP contribution in [0.2, 0.25) is 5.02 Å². The first-order valence-corrected chi connectivity index (χ1v) is 10.8. The number of nitrogens with one attached hydrogen (secondary N) is 1. The molecule has 0 radical (unpaired) electrons. The van der Waals surface area contributed by atoms with Crippen molar-refractivity contribution in [3.63, 3.8) is 0 Å². The van der Waals surface area contributed by atoms with E-state index in [-0.39, 0.29) is 12.5 Å². The molecule has 9 heteroatoms. The molecule has 1 N–H and O–H groups in total. The van der Waals surface area contributed by atoms with Gasteiger partial charge in [0.1, 0.15) is 12.1 Å². The van der Waals surface area contributed by atoms with Gasteiger partial charge in [0.15, 0.2) is 5.65 Å². The quantitative estimate of drug-likeness (QED) is 0.438. The molecule has 0 unspecified atom stereocenters. The molecule has 0 bridgehead atoms. The van der Waals surface area contributed by atoms with Crippen LogP contribution in [0.4, 0.5) is 5.69 Å². The van der Waals surface area contributed by atoms with E-state index in [4.69, 9.17) is 11.6 Å². The SMILES string of the molecule is Cc1cc(C)c(NC(=O)Cn2nc3c4cc(-c5ccc(Cl)cc5)nn4ccn3c2=O)c(C)c1. The summed E-state index contributed by atoms with van der Waals surface area (Å²) in [6.07, 6.45) is 3.28. The van der Waals surface area contributed by atoms with Gasteiger partial charge in [-0.05, 0) is 50.1 Å². The number of hydrogen-bond acceptors (Lipinski definition) is 4. The molecule has 0 aliphatic rings. The third kappa shape index (κ3) is 3.78. The summed E-state index contributed by atoms with van der Waals surface area (Å²) in [5.74, 6) is -0.318. The van der Waals surface area contributed by atoms with Crippen LogP contribution in [-0.2, 0) is 11.3 Å². The number of hydrogen-bond donors (Lipinski definition) is 1. The largest absolute Gasteiger partial charge is 0.350 e. The van der Waals surface area contributed by atoms with Gasteiger partial charge in [0, 0.05) is 28.7 Å². The molecule has 8 nitrogen and oxygen atoms in total. The van der Waals surface area contributed by atoms with Crippen LogP contribution in [0, 0.1) is 20.8 Å². The molecule has 0 atom stereocenters. The van der Waals surface area contributed by atoms with E-state index in [1.165, 1.54) is 9.08 Å². The maximum atomic E-state index is 12.9. The van der Waals surface area contributed by atoms with Crippen molar-refractivity contribution in [2.24, 2.45) is 0 Å². The van der Waals surface area contributed by atoms with Crippen molar-refractivity contribution in [1.29, 1.82) is 0 Å². The molecular weight excluding hydrogens is 440 g/mol. The van der Waals surface area contributed by atoms with Gasteiger partial charge < -0.3 is 5.32 Å². The summed E-state index contributed by atoms with van der Waals surface area (Å²) in [7, 11) is 0. The molecular formula is C24H21ClN6O2. The lowest BCUT2D eigenvalue weighted by Gasteiger charge is -2.12. The first-order chi connectivity index (χ1) is 15.8. The van der Waals surface area contributed by atoms with Gasteiger partial charge in [-0.15, -0.1) is 5.10 Å². The third-order valence-electron chi connectivity index (χ3n) is 5.57. The van der Waals surface area contributed by atoms with E-state index in [2.05, 4.69) is 15.5 Å². The standard InChI is InChI=1S/C24H21ClN6O2/c1-14-10-15(2)22(16(3)11-14)26-21(32)13-31-24(33)29-8-9-30-20(23(29)28-31)12-19(27-30)17-4-6-18(25)7-5-17/h4-12H,13H2,1-3H3,(H,26,32). The first kappa shape index (κ1) is 21.0. The molecule has 5 aromatic rings. The smallest absolute Gasteiger partial charge is 0.324 e. The molecule has 0 aliphatic carbocycles. The van der Waals surface area contributed by atoms with Gasteiger partial charge in [0.25, 0.3) is 0 Å². The highest BCUT2D eigenvalue weighted by Gasteiger charge is 2.16. The number of nitrogens with zero attached hydrogens (tertiary/aromatic N) is 5. The Labute approximate surface area is 194 Å².